The molecule has 1 atom stereocenters. The number of fused-ring (bicyclic) bond motifs is 1. The predicted octanol–water partition coefficient (Wildman–Crippen LogP) is 0.0404. The number of nitrogens with one attached hydrogen (secondary N) is 1. The van der Waals surface area contributed by atoms with E-state index in [-0.39, 0.29) is 0 Å². The van der Waals surface area contributed by atoms with E-state index in [1.165, 1.54) is 4.90 Å². The number of carbonyl (C=O) groups excluding carboxylic acids is 2. The minimum atomic E-state index is -1.30. The summed E-state index contributed by atoms with van der Waals surface area (Å²) in [4.78, 5) is 35.2. The van der Waals surface area contributed by atoms with Gasteiger partial charge in [0.15, 0.2) is 0 Å². The molecule has 1 aliphatic heterocycles. The zero-order valence-corrected chi connectivity index (χ0v) is 10.7. The van der Waals surface area contributed by atoms with Crippen molar-refractivity contribution in [2.24, 2.45) is 5.73 Å². The van der Waals surface area contributed by atoms with Gasteiger partial charge in [0.25, 0.3) is 0 Å². The SMILES string of the molecule is NC(=O)CC(NC(=O)N1Cc2ccccc2C1)C(=O)O. The van der Waals surface area contributed by atoms with Gasteiger partial charge in [0.05, 0.1) is 6.42 Å². The maximum absolute atomic E-state index is 12.0. The van der Waals surface area contributed by atoms with E-state index in [0.717, 1.165) is 11.1 Å². The fourth-order valence-electron chi connectivity index (χ4n) is 2.12. The number of carboxylic acids is 1. The second-order valence-electron chi connectivity index (χ2n) is 4.64. The Morgan fingerprint density at radius 1 is 1.25 bits per heavy atom. The van der Waals surface area contributed by atoms with Gasteiger partial charge in [-0.2, -0.15) is 0 Å². The number of hydrogen-bond donors (Lipinski definition) is 3. The third-order valence-electron chi connectivity index (χ3n) is 3.13. The molecule has 2 rings (SSSR count). The van der Waals surface area contributed by atoms with E-state index in [0.29, 0.717) is 13.1 Å². The molecular formula is C13H15N3O4. The molecule has 1 aliphatic rings. The topological polar surface area (TPSA) is 113 Å². The van der Waals surface area contributed by atoms with Crippen LogP contribution in [-0.4, -0.2) is 34.0 Å². The van der Waals surface area contributed by atoms with Crippen molar-refractivity contribution in [1.29, 1.82) is 0 Å². The Hall–Kier alpha value is -2.57. The van der Waals surface area contributed by atoms with Crippen molar-refractivity contribution in [3.8, 4) is 0 Å². The van der Waals surface area contributed by atoms with Crippen LogP contribution in [0, 0.1) is 0 Å². The van der Waals surface area contributed by atoms with Crippen molar-refractivity contribution in [3.63, 3.8) is 0 Å². The summed E-state index contributed by atoms with van der Waals surface area (Å²) in [7, 11) is 0. The highest BCUT2D eigenvalue weighted by atomic mass is 16.4. The molecule has 0 aromatic heterocycles. The summed E-state index contributed by atoms with van der Waals surface area (Å²) >= 11 is 0. The molecule has 0 spiro atoms. The average Bonchev–Trinajstić information content (AvgIpc) is 2.81. The van der Waals surface area contributed by atoms with E-state index in [4.69, 9.17) is 10.8 Å². The van der Waals surface area contributed by atoms with E-state index >= 15 is 0 Å². The molecule has 0 aliphatic carbocycles. The van der Waals surface area contributed by atoms with Crippen molar-refractivity contribution in [2.45, 2.75) is 25.6 Å². The molecule has 0 fully saturated rings. The lowest BCUT2D eigenvalue weighted by molar-refractivity contribution is -0.140. The van der Waals surface area contributed by atoms with Crippen LogP contribution in [0.5, 0.6) is 0 Å². The predicted molar refractivity (Wildman–Crippen MR) is 69.5 cm³/mol. The van der Waals surface area contributed by atoms with Crippen LogP contribution in [-0.2, 0) is 22.7 Å². The summed E-state index contributed by atoms with van der Waals surface area (Å²) in [5, 5.41) is 11.3. The Balaban J connectivity index is 1.99. The number of carboxylic acid groups (broad SMARTS) is 1. The summed E-state index contributed by atoms with van der Waals surface area (Å²) < 4.78 is 0. The van der Waals surface area contributed by atoms with E-state index in [2.05, 4.69) is 5.32 Å². The van der Waals surface area contributed by atoms with E-state index in [1.54, 1.807) is 0 Å². The van der Waals surface area contributed by atoms with Gasteiger partial charge in [0.1, 0.15) is 6.04 Å². The molecule has 3 amide bonds. The van der Waals surface area contributed by atoms with Crippen molar-refractivity contribution in [1.82, 2.24) is 10.2 Å². The first-order chi connectivity index (χ1) is 9.47. The maximum Gasteiger partial charge on any atom is 0.326 e. The Kier molecular flexibility index (Phi) is 3.88. The van der Waals surface area contributed by atoms with Gasteiger partial charge >= 0.3 is 12.0 Å². The van der Waals surface area contributed by atoms with Crippen LogP contribution < -0.4 is 11.1 Å². The molecule has 1 heterocycles. The van der Waals surface area contributed by atoms with Gasteiger partial charge in [-0.1, -0.05) is 24.3 Å². The van der Waals surface area contributed by atoms with Crippen LogP contribution in [0.1, 0.15) is 17.5 Å². The molecule has 0 radical (unpaired) electrons. The van der Waals surface area contributed by atoms with Gasteiger partial charge in [-0.05, 0) is 11.1 Å². The van der Waals surface area contributed by atoms with Gasteiger partial charge < -0.3 is 21.1 Å². The summed E-state index contributed by atoms with van der Waals surface area (Å²) in [6.07, 6.45) is -0.429. The number of nitrogens with two attached hydrogens (primary N) is 1. The highest BCUT2D eigenvalue weighted by molar-refractivity contribution is 5.87. The molecule has 7 heteroatoms. The van der Waals surface area contributed by atoms with Crippen LogP contribution in [0.25, 0.3) is 0 Å². The molecule has 0 bridgehead atoms. The number of carbonyl (C=O) groups is 3. The van der Waals surface area contributed by atoms with Crippen molar-refractivity contribution < 1.29 is 19.5 Å². The van der Waals surface area contributed by atoms with Crippen LogP contribution in [0.2, 0.25) is 0 Å². The zero-order chi connectivity index (χ0) is 14.7. The van der Waals surface area contributed by atoms with Gasteiger partial charge in [0, 0.05) is 13.1 Å². The standard InChI is InChI=1S/C13H15N3O4/c14-11(17)5-10(12(18)19)15-13(20)16-6-8-3-1-2-4-9(8)7-16/h1-4,10H,5-7H2,(H2,14,17)(H,15,20)(H,18,19). The number of primary amides is 1. The van der Waals surface area contributed by atoms with Crippen LogP contribution in [0.3, 0.4) is 0 Å². The van der Waals surface area contributed by atoms with Crippen LogP contribution in [0.15, 0.2) is 24.3 Å². The number of aliphatic carboxylic acids is 1. The van der Waals surface area contributed by atoms with Crippen molar-refractivity contribution >= 4 is 17.9 Å². The summed E-state index contributed by atoms with van der Waals surface area (Å²) in [6.45, 7) is 0.843. The molecule has 7 nitrogen and oxygen atoms in total. The fourth-order valence-corrected chi connectivity index (χ4v) is 2.12. The maximum atomic E-state index is 12.0. The lowest BCUT2D eigenvalue weighted by Crippen LogP contribution is -2.47. The van der Waals surface area contributed by atoms with Gasteiger partial charge in [0.2, 0.25) is 5.91 Å². The second kappa shape index (κ2) is 5.60. The Morgan fingerprint density at radius 2 is 1.80 bits per heavy atom. The number of hydrogen-bond acceptors (Lipinski definition) is 3. The fraction of sp³-hybridized carbons (Fsp3) is 0.308. The van der Waals surface area contributed by atoms with Crippen molar-refractivity contribution in [3.05, 3.63) is 35.4 Å². The molecular weight excluding hydrogens is 262 g/mol. The van der Waals surface area contributed by atoms with E-state index in [9.17, 15) is 14.4 Å². The Bertz CT molecular complexity index is 533. The molecule has 4 N–H and O–H groups in total. The quantitative estimate of drug-likeness (QED) is 0.721. The summed E-state index contributed by atoms with van der Waals surface area (Å²) in [5.41, 5.74) is 7.03. The molecule has 106 valence electrons. The van der Waals surface area contributed by atoms with E-state index in [1.807, 2.05) is 24.3 Å². The highest BCUT2D eigenvalue weighted by Crippen LogP contribution is 2.22. The van der Waals surface area contributed by atoms with Crippen molar-refractivity contribution in [2.75, 3.05) is 0 Å². The van der Waals surface area contributed by atoms with Crippen LogP contribution in [0.4, 0.5) is 4.79 Å². The number of urea groups is 1. The number of nitrogens with zero attached hydrogens (tertiary/aromatic N) is 1. The number of rotatable bonds is 4. The molecule has 0 saturated heterocycles. The normalized spacial score (nSPS) is 14.5. The molecule has 1 aromatic rings. The highest BCUT2D eigenvalue weighted by Gasteiger charge is 2.28. The van der Waals surface area contributed by atoms with Gasteiger partial charge in [-0.25, -0.2) is 9.59 Å². The second-order valence-corrected chi connectivity index (χ2v) is 4.64. The van der Waals surface area contributed by atoms with Crippen LogP contribution >= 0.6 is 0 Å². The zero-order valence-electron chi connectivity index (χ0n) is 10.7. The molecule has 1 unspecified atom stereocenters. The largest absolute Gasteiger partial charge is 0.480 e. The smallest absolute Gasteiger partial charge is 0.326 e. The number of amides is 3. The first-order valence-electron chi connectivity index (χ1n) is 6.10. The summed E-state index contributed by atoms with van der Waals surface area (Å²) in [5.74, 6) is -2.06. The van der Waals surface area contributed by atoms with E-state index < -0.39 is 30.4 Å². The lowest BCUT2D eigenvalue weighted by atomic mass is 10.1. The monoisotopic (exact) mass is 277 g/mol. The number of benzene rings is 1. The first-order valence-corrected chi connectivity index (χ1v) is 6.10. The third kappa shape index (κ3) is 3.05. The first kappa shape index (κ1) is 13.9. The molecule has 20 heavy (non-hydrogen) atoms. The van der Waals surface area contributed by atoms with Gasteiger partial charge in [-0.3, -0.25) is 4.79 Å². The lowest BCUT2D eigenvalue weighted by Gasteiger charge is -2.19. The Labute approximate surface area is 115 Å². The third-order valence-corrected chi connectivity index (χ3v) is 3.13. The average molecular weight is 277 g/mol. The minimum absolute atomic E-state index is 0.422. The summed E-state index contributed by atoms with van der Waals surface area (Å²) in [6, 6.07) is 5.78. The minimum Gasteiger partial charge on any atom is -0.480 e. The molecule has 0 saturated carbocycles. The Morgan fingerprint density at radius 3 is 2.25 bits per heavy atom. The molecule has 1 aromatic carbocycles. The van der Waals surface area contributed by atoms with Gasteiger partial charge in [-0.15, -0.1) is 0 Å².